The number of amides is 1. The van der Waals surface area contributed by atoms with Crippen molar-refractivity contribution in [3.8, 4) is 11.7 Å². The van der Waals surface area contributed by atoms with Crippen LogP contribution in [0.25, 0.3) is 5.82 Å². The van der Waals surface area contributed by atoms with E-state index in [1.807, 2.05) is 4.72 Å². The molecule has 3 heterocycles. The Balaban J connectivity index is 1.76. The fraction of sp³-hybridized carbons (Fsp3) is 0.278. The third-order valence-electron chi connectivity index (χ3n) is 3.95. The first kappa shape index (κ1) is 22.8. The van der Waals surface area contributed by atoms with E-state index in [1.54, 1.807) is 12.3 Å². The largest absolute Gasteiger partial charge is 0.480 e. The van der Waals surface area contributed by atoms with Crippen LogP contribution >= 0.6 is 11.6 Å². The van der Waals surface area contributed by atoms with Crippen molar-refractivity contribution >= 4 is 48.0 Å². The summed E-state index contributed by atoms with van der Waals surface area (Å²) in [5.41, 5.74) is 0.108. The van der Waals surface area contributed by atoms with Gasteiger partial charge in [0.05, 0.1) is 19.9 Å². The maximum Gasteiger partial charge on any atom is 0.272 e. The summed E-state index contributed by atoms with van der Waals surface area (Å²) in [5, 5.41) is 7.99. The molecule has 31 heavy (non-hydrogen) atoms. The zero-order chi connectivity index (χ0) is 23.0. The number of carbonyl (C=O) groups is 1. The quantitative estimate of drug-likeness (QED) is 0.368. The molecule has 0 atom stereocenters. The molecular formula is C18H22ClN6O4SSi+. The standard InChI is InChI=1S/C18H21ClN6O4SSi/c1-12-14(10-24(2)21-12)30(27,28)23-18(26)13-6-7-15(20-17(13)19)25-9-8-16(22-25)29-11-31(3,4)5/h6-10H,2,11H2,1,3-5H3/p+1. The van der Waals surface area contributed by atoms with Crippen molar-refractivity contribution in [1.29, 1.82) is 0 Å². The maximum atomic E-state index is 12.5. The molecule has 0 spiro atoms. The Hall–Kier alpha value is -2.83. The lowest BCUT2D eigenvalue weighted by Crippen LogP contribution is -2.33. The molecule has 1 aliphatic rings. The highest BCUT2D eigenvalue weighted by molar-refractivity contribution is 7.95. The van der Waals surface area contributed by atoms with Crippen molar-refractivity contribution in [2.45, 2.75) is 26.6 Å². The summed E-state index contributed by atoms with van der Waals surface area (Å²) in [6.45, 7) is 11.6. The number of pyridine rings is 1. The van der Waals surface area contributed by atoms with Crippen LogP contribution in [0.4, 0.5) is 0 Å². The predicted molar refractivity (Wildman–Crippen MR) is 120 cm³/mol. The number of hydrogen-bond donors (Lipinski definition) is 1. The molecule has 1 N–H and O–H groups in total. The highest BCUT2D eigenvalue weighted by atomic mass is 35.5. The third-order valence-corrected chi connectivity index (χ3v) is 6.68. The second-order valence-electron chi connectivity index (χ2n) is 8.01. The van der Waals surface area contributed by atoms with E-state index < -0.39 is 24.0 Å². The second kappa shape index (κ2) is 8.36. The molecule has 1 amide bonds. The number of nitrogens with zero attached hydrogens (tertiary/aromatic N) is 5. The number of hydrazone groups is 1. The number of nitrogens with one attached hydrogen (secondary N) is 1. The van der Waals surface area contributed by atoms with Gasteiger partial charge in [0.2, 0.25) is 12.1 Å². The number of hydrogen-bond acceptors (Lipinski definition) is 7. The van der Waals surface area contributed by atoms with E-state index >= 15 is 0 Å². The van der Waals surface area contributed by atoms with Gasteiger partial charge in [0, 0.05) is 17.4 Å². The van der Waals surface area contributed by atoms with Gasteiger partial charge >= 0.3 is 0 Å². The Morgan fingerprint density at radius 1 is 1.32 bits per heavy atom. The van der Waals surface area contributed by atoms with Crippen molar-refractivity contribution < 1.29 is 22.6 Å². The molecule has 0 saturated heterocycles. The summed E-state index contributed by atoms with van der Waals surface area (Å²) in [4.78, 5) is 16.5. The van der Waals surface area contributed by atoms with Gasteiger partial charge in [-0.05, 0) is 19.1 Å². The molecular weight excluding hydrogens is 460 g/mol. The average molecular weight is 482 g/mol. The van der Waals surface area contributed by atoms with Crippen LogP contribution < -0.4 is 9.46 Å². The molecule has 0 unspecified atom stereocenters. The number of halogens is 1. The van der Waals surface area contributed by atoms with E-state index in [2.05, 4.69) is 41.5 Å². The lowest BCUT2D eigenvalue weighted by Gasteiger charge is -2.14. The van der Waals surface area contributed by atoms with E-state index in [0.29, 0.717) is 17.9 Å². The molecule has 0 bridgehead atoms. The van der Waals surface area contributed by atoms with Crippen LogP contribution in [-0.4, -0.2) is 60.5 Å². The third kappa shape index (κ3) is 5.45. The normalized spacial score (nSPS) is 14.3. The molecule has 0 aromatic carbocycles. The van der Waals surface area contributed by atoms with Crippen LogP contribution in [0.15, 0.2) is 40.6 Å². The molecule has 0 fully saturated rings. The van der Waals surface area contributed by atoms with Gasteiger partial charge in [-0.2, -0.15) is 0 Å². The SMILES string of the molecule is C=[N+]1C=C(S(=O)(=O)NC(=O)c2ccc(-n3ccc(OC[Si](C)(C)C)n3)nc2Cl)C(C)=N1. The molecule has 0 aliphatic carbocycles. The lowest BCUT2D eigenvalue weighted by molar-refractivity contribution is -0.448. The van der Waals surface area contributed by atoms with Crippen LogP contribution in [0, 0.1) is 0 Å². The van der Waals surface area contributed by atoms with Crippen molar-refractivity contribution in [3.63, 3.8) is 0 Å². The van der Waals surface area contributed by atoms with Gasteiger partial charge in [-0.25, -0.2) is 22.8 Å². The van der Waals surface area contributed by atoms with Crippen LogP contribution in [0.1, 0.15) is 17.3 Å². The van der Waals surface area contributed by atoms with Gasteiger partial charge in [0.15, 0.2) is 17.4 Å². The first-order chi connectivity index (χ1) is 14.4. The second-order valence-corrected chi connectivity index (χ2v) is 15.4. The predicted octanol–water partition coefficient (Wildman–Crippen LogP) is 2.18. The highest BCUT2D eigenvalue weighted by Gasteiger charge is 2.32. The minimum atomic E-state index is -4.15. The molecule has 2 aromatic rings. The zero-order valence-electron chi connectivity index (χ0n) is 17.5. The first-order valence-electron chi connectivity index (χ1n) is 9.15. The fourth-order valence-electron chi connectivity index (χ4n) is 2.52. The monoisotopic (exact) mass is 481 g/mol. The van der Waals surface area contributed by atoms with Gasteiger partial charge in [-0.15, -0.1) is 5.10 Å². The number of carbonyl (C=O) groups excluding carboxylic acids is 1. The molecule has 10 nitrogen and oxygen atoms in total. The molecule has 3 rings (SSSR count). The van der Waals surface area contributed by atoms with Gasteiger partial charge in [-0.3, -0.25) is 4.79 Å². The summed E-state index contributed by atoms with van der Waals surface area (Å²) in [6, 6.07) is 4.58. The molecule has 0 saturated carbocycles. The van der Waals surface area contributed by atoms with E-state index in [4.69, 9.17) is 16.3 Å². The minimum Gasteiger partial charge on any atom is -0.480 e. The average Bonchev–Trinajstić information content (AvgIpc) is 3.25. The smallest absolute Gasteiger partial charge is 0.272 e. The summed E-state index contributed by atoms with van der Waals surface area (Å²) in [7, 11) is -5.55. The van der Waals surface area contributed by atoms with Crippen LogP contribution in [0.2, 0.25) is 24.8 Å². The van der Waals surface area contributed by atoms with E-state index in [1.165, 1.54) is 29.9 Å². The van der Waals surface area contributed by atoms with Gasteiger partial charge in [-0.1, -0.05) is 35.9 Å². The molecule has 2 aromatic heterocycles. The highest BCUT2D eigenvalue weighted by Crippen LogP contribution is 2.19. The molecule has 164 valence electrons. The van der Waals surface area contributed by atoms with Crippen molar-refractivity contribution in [2.75, 3.05) is 6.23 Å². The summed E-state index contributed by atoms with van der Waals surface area (Å²) in [6.07, 6.45) is 3.48. The van der Waals surface area contributed by atoms with Crippen LogP contribution in [0.3, 0.4) is 0 Å². The summed E-state index contributed by atoms with van der Waals surface area (Å²) >= 11 is 6.15. The summed E-state index contributed by atoms with van der Waals surface area (Å²) < 4.78 is 35.2. The number of aromatic nitrogens is 3. The van der Waals surface area contributed by atoms with Gasteiger partial charge in [0.25, 0.3) is 15.9 Å². The van der Waals surface area contributed by atoms with Gasteiger partial charge < -0.3 is 4.74 Å². The topological polar surface area (TPSA) is 119 Å². The molecule has 13 heteroatoms. The number of allylic oxidation sites excluding steroid dienone is 1. The Morgan fingerprint density at radius 3 is 2.61 bits per heavy atom. The maximum absolute atomic E-state index is 12.5. The Bertz CT molecular complexity index is 1230. The number of sulfonamides is 1. The van der Waals surface area contributed by atoms with E-state index in [9.17, 15) is 13.2 Å². The van der Waals surface area contributed by atoms with Crippen molar-refractivity contribution in [2.24, 2.45) is 5.10 Å². The Kier molecular flexibility index (Phi) is 6.16. The van der Waals surface area contributed by atoms with Crippen LogP contribution in [0.5, 0.6) is 5.88 Å². The molecule has 0 radical (unpaired) electrons. The van der Waals surface area contributed by atoms with Crippen molar-refractivity contribution in [3.05, 3.63) is 46.2 Å². The number of rotatable bonds is 7. The summed E-state index contributed by atoms with van der Waals surface area (Å²) in [5.74, 6) is -0.115. The van der Waals surface area contributed by atoms with E-state index in [0.717, 1.165) is 4.68 Å². The van der Waals surface area contributed by atoms with Crippen molar-refractivity contribution in [1.82, 2.24) is 19.5 Å². The minimum absolute atomic E-state index is 0.101. The van der Waals surface area contributed by atoms with Gasteiger partial charge in [0.1, 0.15) is 10.9 Å². The Labute approximate surface area is 186 Å². The fourth-order valence-corrected chi connectivity index (χ4v) is 4.49. The number of ether oxygens (including phenoxy) is 1. The zero-order valence-corrected chi connectivity index (χ0v) is 20.0. The van der Waals surface area contributed by atoms with E-state index in [-0.39, 0.29) is 21.3 Å². The Morgan fingerprint density at radius 2 is 2.03 bits per heavy atom. The van der Waals surface area contributed by atoms with Crippen LogP contribution in [-0.2, 0) is 10.0 Å². The first-order valence-corrected chi connectivity index (χ1v) is 14.7. The lowest BCUT2D eigenvalue weighted by atomic mass is 10.3. The molecule has 1 aliphatic heterocycles.